The minimum absolute atomic E-state index is 0.233. The zero-order chi connectivity index (χ0) is 18.5. The fourth-order valence-corrected chi connectivity index (χ4v) is 2.95. The molecule has 0 amide bonds. The molecule has 0 saturated carbocycles. The van der Waals surface area contributed by atoms with Crippen molar-refractivity contribution in [3.8, 4) is 6.07 Å². The molecule has 1 aromatic rings. The van der Waals surface area contributed by atoms with Crippen molar-refractivity contribution in [3.05, 3.63) is 45.5 Å². The molecule has 0 saturated heterocycles. The summed E-state index contributed by atoms with van der Waals surface area (Å²) in [6, 6.07) is 3.87. The van der Waals surface area contributed by atoms with Gasteiger partial charge >= 0.3 is 6.18 Å². The van der Waals surface area contributed by atoms with Crippen LogP contribution in [0, 0.1) is 11.3 Å². The minimum Gasteiger partial charge on any atom is -0.772 e. The largest absolute Gasteiger partial charge is 0.772 e. The van der Waals surface area contributed by atoms with Gasteiger partial charge in [-0.3, -0.25) is 9.00 Å². The van der Waals surface area contributed by atoms with Crippen LogP contribution in [-0.4, -0.2) is 27.8 Å². The summed E-state index contributed by atoms with van der Waals surface area (Å²) in [6.07, 6.45) is -3.07. The van der Waals surface area contributed by atoms with Crippen molar-refractivity contribution < 1.29 is 26.7 Å². The van der Waals surface area contributed by atoms with Crippen LogP contribution in [-0.2, 0) is 23.0 Å². The van der Waals surface area contributed by atoms with Crippen molar-refractivity contribution in [1.82, 2.24) is 5.32 Å². The fourth-order valence-electron chi connectivity index (χ4n) is 1.91. The lowest BCUT2D eigenvalue weighted by Crippen LogP contribution is -2.15. The quantitative estimate of drug-likeness (QED) is 0.354. The molecule has 0 aliphatic heterocycles. The van der Waals surface area contributed by atoms with Gasteiger partial charge < -0.3 is 9.87 Å². The van der Waals surface area contributed by atoms with Gasteiger partial charge in [0.25, 0.3) is 0 Å². The molecule has 0 spiro atoms. The van der Waals surface area contributed by atoms with Crippen LogP contribution in [0.3, 0.4) is 0 Å². The Balaban J connectivity index is 3.52. The Kier molecular flexibility index (Phi) is 7.01. The average molecular weight is 377 g/mol. The zero-order valence-electron chi connectivity index (χ0n) is 12.6. The predicted molar refractivity (Wildman–Crippen MR) is 83.6 cm³/mol. The number of carbonyl (C=O) groups excluding carboxylic acids is 1. The first kappa shape index (κ1) is 20.2. The second kappa shape index (κ2) is 8.32. The first-order chi connectivity index (χ1) is 11.1. The van der Waals surface area contributed by atoms with E-state index < -0.39 is 34.4 Å². The van der Waals surface area contributed by atoms with E-state index in [9.17, 15) is 26.7 Å². The lowest BCUT2D eigenvalue weighted by atomic mass is 9.98. The van der Waals surface area contributed by atoms with Gasteiger partial charge in [0.05, 0.1) is 10.6 Å². The Labute approximate surface area is 143 Å². The number of nitrogens with one attached hydrogen (secondary N) is 1. The van der Waals surface area contributed by atoms with Gasteiger partial charge in [-0.1, -0.05) is 17.1 Å². The summed E-state index contributed by atoms with van der Waals surface area (Å²) >= 11 is -1.62. The highest BCUT2D eigenvalue weighted by Gasteiger charge is 2.32. The number of allylic oxidation sites excluding steroid dienone is 1. The second-order valence-corrected chi connectivity index (χ2v) is 6.13. The van der Waals surface area contributed by atoms with E-state index in [1.54, 1.807) is 12.3 Å². The summed E-state index contributed by atoms with van der Waals surface area (Å²) < 4.78 is 60.2. The Bertz CT molecular complexity index is 734. The van der Waals surface area contributed by atoms with E-state index in [1.165, 1.54) is 7.05 Å². The first-order valence-electron chi connectivity index (χ1n) is 6.32. The van der Waals surface area contributed by atoms with Crippen LogP contribution in [0.4, 0.5) is 13.2 Å². The molecule has 1 aromatic carbocycles. The Hall–Kier alpha value is -1.83. The van der Waals surface area contributed by atoms with Crippen LogP contribution < -0.4 is 5.32 Å². The van der Waals surface area contributed by atoms with Crippen LogP contribution in [0.15, 0.2) is 28.8 Å². The smallest absolute Gasteiger partial charge is 0.416 e. The second-order valence-electron chi connectivity index (χ2n) is 4.42. The number of hydrogen-bond acceptors (Lipinski definition) is 6. The third-order valence-electron chi connectivity index (χ3n) is 2.95. The highest BCUT2D eigenvalue weighted by molar-refractivity contribution is 8.02. The number of thioether (sulfide) groups is 1. The van der Waals surface area contributed by atoms with Crippen LogP contribution >= 0.6 is 11.8 Å². The molecule has 24 heavy (non-hydrogen) atoms. The molecule has 0 aromatic heterocycles. The molecule has 1 atom stereocenters. The van der Waals surface area contributed by atoms with E-state index in [0.717, 1.165) is 17.8 Å². The molecule has 0 fully saturated rings. The van der Waals surface area contributed by atoms with Crippen molar-refractivity contribution in [2.45, 2.75) is 11.9 Å². The molecule has 5 nitrogen and oxygen atoms in total. The molecule has 1 N–H and O–H groups in total. The molecule has 1 unspecified atom stereocenters. The summed E-state index contributed by atoms with van der Waals surface area (Å²) in [6.45, 7) is 0. The van der Waals surface area contributed by atoms with E-state index in [2.05, 4.69) is 5.32 Å². The third kappa shape index (κ3) is 4.83. The van der Waals surface area contributed by atoms with Gasteiger partial charge in [0.2, 0.25) is 5.78 Å². The van der Waals surface area contributed by atoms with E-state index in [1.807, 2.05) is 0 Å². The van der Waals surface area contributed by atoms with Crippen LogP contribution in [0.2, 0.25) is 0 Å². The predicted octanol–water partition coefficient (Wildman–Crippen LogP) is 2.58. The monoisotopic (exact) mass is 377 g/mol. The van der Waals surface area contributed by atoms with Crippen LogP contribution in [0.25, 0.3) is 0 Å². The number of ketones is 1. The molecule has 1 rings (SSSR count). The van der Waals surface area contributed by atoms with Crippen molar-refractivity contribution >= 4 is 28.6 Å². The fraction of sp³-hybridized carbons (Fsp3) is 0.286. The molecule has 0 radical (unpaired) electrons. The maximum Gasteiger partial charge on any atom is 0.416 e. The topological polar surface area (TPSA) is 93.0 Å². The number of rotatable bonds is 6. The van der Waals surface area contributed by atoms with Gasteiger partial charge in [-0.25, -0.2) is 0 Å². The number of carbonyl (C=O) groups is 1. The minimum atomic E-state index is -4.68. The summed E-state index contributed by atoms with van der Waals surface area (Å²) in [5.74, 6) is -1.61. The number of alkyl halides is 3. The first-order valence-corrected chi connectivity index (χ1v) is 8.79. The third-order valence-corrected chi connectivity index (χ3v) is 4.31. The van der Waals surface area contributed by atoms with Gasteiger partial charge in [-0.15, -0.1) is 11.8 Å². The van der Waals surface area contributed by atoms with Crippen molar-refractivity contribution in [2.24, 2.45) is 0 Å². The number of nitriles is 1. The standard InChI is InChI=1S/C14H13F3N2O3S2/c1-19-13(23-2)11(6-18)12(20)10-4-3-9(14(15,16)17)5-8(10)7-24(21)22/h3-5,19H,7H2,1-2H3,(H,21,22)/p-1. The van der Waals surface area contributed by atoms with Gasteiger partial charge in [0.15, 0.2) is 0 Å². The maximum absolute atomic E-state index is 12.8. The number of halogens is 3. The molecule has 0 aliphatic carbocycles. The van der Waals surface area contributed by atoms with Crippen molar-refractivity contribution in [1.29, 1.82) is 5.26 Å². The van der Waals surface area contributed by atoms with Gasteiger partial charge in [-0.2, -0.15) is 18.4 Å². The highest BCUT2D eigenvalue weighted by Crippen LogP contribution is 2.31. The van der Waals surface area contributed by atoms with Gasteiger partial charge in [-0.05, 0) is 24.0 Å². The lowest BCUT2D eigenvalue weighted by Gasteiger charge is -2.15. The molecule has 0 heterocycles. The molecule has 0 bridgehead atoms. The molecule has 0 aliphatic rings. The van der Waals surface area contributed by atoms with E-state index in [-0.39, 0.29) is 21.7 Å². The summed E-state index contributed by atoms with van der Waals surface area (Å²) in [7, 11) is 1.48. The van der Waals surface area contributed by atoms with Crippen LogP contribution in [0.1, 0.15) is 21.5 Å². The molecule has 10 heteroatoms. The van der Waals surface area contributed by atoms with E-state index in [4.69, 9.17) is 5.26 Å². The SMILES string of the molecule is CNC(SC)=C(C#N)C(=O)c1ccc(C(F)(F)F)cc1CS(=O)[O-]. The molecular weight excluding hydrogens is 365 g/mol. The molecular formula is C14H12F3N2O3S2-. The number of nitrogens with zero attached hydrogens (tertiary/aromatic N) is 1. The van der Waals surface area contributed by atoms with E-state index >= 15 is 0 Å². The normalized spacial score (nSPS) is 13.7. The van der Waals surface area contributed by atoms with Gasteiger partial charge in [0, 0.05) is 18.4 Å². The summed E-state index contributed by atoms with van der Waals surface area (Å²) in [5, 5.41) is 12.0. The highest BCUT2D eigenvalue weighted by atomic mass is 32.2. The summed E-state index contributed by atoms with van der Waals surface area (Å²) in [5.41, 5.74) is -1.94. The van der Waals surface area contributed by atoms with Crippen molar-refractivity contribution in [3.63, 3.8) is 0 Å². The Morgan fingerprint density at radius 3 is 2.50 bits per heavy atom. The maximum atomic E-state index is 12.8. The number of hydrogen-bond donors (Lipinski definition) is 1. The van der Waals surface area contributed by atoms with Crippen LogP contribution in [0.5, 0.6) is 0 Å². The number of benzene rings is 1. The summed E-state index contributed by atoms with van der Waals surface area (Å²) in [4.78, 5) is 12.5. The Morgan fingerprint density at radius 2 is 2.08 bits per heavy atom. The van der Waals surface area contributed by atoms with Gasteiger partial charge in [0.1, 0.15) is 11.6 Å². The number of Topliss-reactive ketones (excluding diaryl/α,β-unsaturated/α-hetero) is 1. The molecule has 130 valence electrons. The van der Waals surface area contributed by atoms with Crippen molar-refractivity contribution in [2.75, 3.05) is 13.3 Å². The zero-order valence-corrected chi connectivity index (χ0v) is 14.2. The lowest BCUT2D eigenvalue weighted by molar-refractivity contribution is -0.137. The Morgan fingerprint density at radius 1 is 1.46 bits per heavy atom. The van der Waals surface area contributed by atoms with E-state index in [0.29, 0.717) is 12.1 Å². The average Bonchev–Trinajstić information content (AvgIpc) is 2.50.